The first-order valence-corrected chi connectivity index (χ1v) is 9.80. The highest BCUT2D eigenvalue weighted by molar-refractivity contribution is 8.00. The lowest BCUT2D eigenvalue weighted by Gasteiger charge is -2.37. The second-order valence-electron chi connectivity index (χ2n) is 6.73. The zero-order valence-electron chi connectivity index (χ0n) is 15.2. The van der Waals surface area contributed by atoms with Crippen molar-refractivity contribution in [2.24, 2.45) is 0 Å². The third-order valence-electron chi connectivity index (χ3n) is 4.50. The normalized spacial score (nSPS) is 14.9. The molecule has 3 nitrogen and oxygen atoms in total. The van der Waals surface area contributed by atoms with Crippen molar-refractivity contribution >= 4 is 23.4 Å². The molecule has 3 rings (SSSR count). The van der Waals surface area contributed by atoms with Gasteiger partial charge in [0.2, 0.25) is 0 Å². The van der Waals surface area contributed by atoms with Crippen molar-refractivity contribution in [2.45, 2.75) is 30.9 Å². The van der Waals surface area contributed by atoms with Crippen molar-refractivity contribution in [1.29, 1.82) is 0 Å². The molecule has 2 aromatic rings. The van der Waals surface area contributed by atoms with E-state index >= 15 is 0 Å². The molecule has 1 aliphatic rings. The lowest BCUT2D eigenvalue weighted by atomic mass is 10.1. The minimum absolute atomic E-state index is 0.160. The number of para-hydroxylation sites is 1. The number of aryl methyl sites for hydroxylation is 1. The second-order valence-corrected chi connectivity index (χ2v) is 8.35. The van der Waals surface area contributed by atoms with E-state index in [4.69, 9.17) is 0 Å². The number of hydrogen-bond acceptors (Lipinski definition) is 3. The van der Waals surface area contributed by atoms with Crippen LogP contribution in [0.3, 0.4) is 0 Å². The van der Waals surface area contributed by atoms with Crippen molar-refractivity contribution in [3.8, 4) is 0 Å². The van der Waals surface area contributed by atoms with Gasteiger partial charge in [-0.1, -0.05) is 44.2 Å². The predicted octanol–water partition coefficient (Wildman–Crippen LogP) is 4.46. The maximum Gasteiger partial charge on any atom is 0.255 e. The highest BCUT2D eigenvalue weighted by atomic mass is 32.2. The fraction of sp³-hybridized carbons (Fsp3) is 0.381. The Bertz CT molecular complexity index is 736. The minimum atomic E-state index is 0.160. The van der Waals surface area contributed by atoms with Gasteiger partial charge in [0.05, 0.1) is 5.56 Å². The van der Waals surface area contributed by atoms with E-state index in [-0.39, 0.29) is 5.91 Å². The molecule has 0 aliphatic carbocycles. The first-order valence-electron chi connectivity index (χ1n) is 8.92. The Labute approximate surface area is 155 Å². The molecule has 1 aliphatic heterocycles. The minimum Gasteiger partial charge on any atom is -0.368 e. The van der Waals surface area contributed by atoms with Gasteiger partial charge in [0.1, 0.15) is 0 Å². The molecule has 25 heavy (non-hydrogen) atoms. The molecule has 1 fully saturated rings. The van der Waals surface area contributed by atoms with Gasteiger partial charge in [0.15, 0.2) is 0 Å². The number of thioether (sulfide) groups is 1. The lowest BCUT2D eigenvalue weighted by Crippen LogP contribution is -2.49. The summed E-state index contributed by atoms with van der Waals surface area (Å²) in [5.41, 5.74) is 3.41. The molecule has 0 atom stereocenters. The highest BCUT2D eigenvalue weighted by Gasteiger charge is 2.24. The Balaban J connectivity index is 1.69. The number of hydrogen-bond donors (Lipinski definition) is 0. The van der Waals surface area contributed by atoms with Gasteiger partial charge in [-0.15, -0.1) is 11.8 Å². The van der Waals surface area contributed by atoms with Crippen LogP contribution in [-0.2, 0) is 0 Å². The van der Waals surface area contributed by atoms with E-state index in [2.05, 4.69) is 56.0 Å². The summed E-state index contributed by atoms with van der Waals surface area (Å²) in [6, 6.07) is 16.5. The quantitative estimate of drug-likeness (QED) is 0.758. The zero-order valence-corrected chi connectivity index (χ0v) is 16.1. The molecule has 1 amide bonds. The molecular weight excluding hydrogens is 328 g/mol. The summed E-state index contributed by atoms with van der Waals surface area (Å²) in [5, 5.41) is 0.465. The van der Waals surface area contributed by atoms with Crippen molar-refractivity contribution in [3.63, 3.8) is 0 Å². The van der Waals surface area contributed by atoms with Crippen LogP contribution in [0.1, 0.15) is 29.8 Å². The highest BCUT2D eigenvalue weighted by Crippen LogP contribution is 2.28. The molecule has 0 N–H and O–H groups in total. The number of piperazine rings is 1. The molecule has 0 saturated carbocycles. The van der Waals surface area contributed by atoms with E-state index in [9.17, 15) is 4.79 Å². The van der Waals surface area contributed by atoms with Crippen LogP contribution < -0.4 is 4.90 Å². The molecule has 4 heteroatoms. The van der Waals surface area contributed by atoms with Gasteiger partial charge in [-0.3, -0.25) is 4.79 Å². The van der Waals surface area contributed by atoms with Crippen molar-refractivity contribution < 1.29 is 4.79 Å². The lowest BCUT2D eigenvalue weighted by molar-refractivity contribution is 0.0743. The van der Waals surface area contributed by atoms with Crippen LogP contribution in [0, 0.1) is 6.92 Å². The molecule has 2 aromatic carbocycles. The summed E-state index contributed by atoms with van der Waals surface area (Å²) < 4.78 is 0. The molecule has 0 aromatic heterocycles. The van der Waals surface area contributed by atoms with Crippen molar-refractivity contribution in [2.75, 3.05) is 31.1 Å². The summed E-state index contributed by atoms with van der Waals surface area (Å²) in [6.45, 7) is 9.78. The summed E-state index contributed by atoms with van der Waals surface area (Å²) in [5.74, 6) is 0.160. The van der Waals surface area contributed by atoms with Crippen LogP contribution in [0.4, 0.5) is 5.69 Å². The second kappa shape index (κ2) is 7.96. The summed E-state index contributed by atoms with van der Waals surface area (Å²) in [6.07, 6.45) is 0. The average molecular weight is 355 g/mol. The molecule has 0 spiro atoms. The number of nitrogens with zero attached hydrogens (tertiary/aromatic N) is 2. The van der Waals surface area contributed by atoms with Gasteiger partial charge in [-0.25, -0.2) is 0 Å². The van der Waals surface area contributed by atoms with Gasteiger partial charge >= 0.3 is 0 Å². The van der Waals surface area contributed by atoms with Gasteiger partial charge < -0.3 is 9.80 Å². The Morgan fingerprint density at radius 3 is 2.28 bits per heavy atom. The van der Waals surface area contributed by atoms with E-state index in [1.54, 1.807) is 11.8 Å². The van der Waals surface area contributed by atoms with Gasteiger partial charge in [-0.05, 0) is 30.7 Å². The summed E-state index contributed by atoms with van der Waals surface area (Å²) in [7, 11) is 0. The van der Waals surface area contributed by atoms with Crippen LogP contribution in [-0.4, -0.2) is 42.2 Å². The maximum absolute atomic E-state index is 13.0. The first-order chi connectivity index (χ1) is 12.1. The van der Waals surface area contributed by atoms with Crippen molar-refractivity contribution in [1.82, 2.24) is 4.90 Å². The zero-order chi connectivity index (χ0) is 17.8. The largest absolute Gasteiger partial charge is 0.368 e. The van der Waals surface area contributed by atoms with Crippen LogP contribution >= 0.6 is 11.8 Å². The SMILES string of the molecule is Cc1ccccc1N1CCN(C(=O)c2ccccc2SC(C)C)CC1. The van der Waals surface area contributed by atoms with Crippen LogP contribution in [0.15, 0.2) is 53.4 Å². The summed E-state index contributed by atoms with van der Waals surface area (Å²) >= 11 is 1.76. The molecule has 0 unspecified atom stereocenters. The number of benzene rings is 2. The Hall–Kier alpha value is -1.94. The molecule has 1 saturated heterocycles. The molecular formula is C21H26N2OS. The Kier molecular flexibility index (Phi) is 5.69. The molecule has 1 heterocycles. The molecule has 0 radical (unpaired) electrons. The van der Waals surface area contributed by atoms with E-state index in [1.165, 1.54) is 11.3 Å². The van der Waals surface area contributed by atoms with Crippen LogP contribution in [0.25, 0.3) is 0 Å². The van der Waals surface area contributed by atoms with E-state index < -0.39 is 0 Å². The topological polar surface area (TPSA) is 23.6 Å². The van der Waals surface area contributed by atoms with Gasteiger partial charge in [0, 0.05) is 42.0 Å². The smallest absolute Gasteiger partial charge is 0.255 e. The number of carbonyl (C=O) groups excluding carboxylic acids is 1. The van der Waals surface area contributed by atoms with E-state index in [0.29, 0.717) is 5.25 Å². The monoisotopic (exact) mass is 354 g/mol. The van der Waals surface area contributed by atoms with Crippen LogP contribution in [0.5, 0.6) is 0 Å². The Morgan fingerprint density at radius 2 is 1.60 bits per heavy atom. The van der Waals surface area contributed by atoms with E-state index in [1.807, 2.05) is 23.1 Å². The predicted molar refractivity (Wildman–Crippen MR) is 107 cm³/mol. The van der Waals surface area contributed by atoms with Gasteiger partial charge in [-0.2, -0.15) is 0 Å². The van der Waals surface area contributed by atoms with Crippen LogP contribution in [0.2, 0.25) is 0 Å². The fourth-order valence-corrected chi connectivity index (χ4v) is 4.19. The summed E-state index contributed by atoms with van der Waals surface area (Å²) in [4.78, 5) is 18.5. The van der Waals surface area contributed by atoms with E-state index in [0.717, 1.165) is 36.6 Å². The average Bonchev–Trinajstić information content (AvgIpc) is 2.62. The number of rotatable bonds is 4. The molecule has 132 valence electrons. The number of carbonyl (C=O) groups is 1. The number of amides is 1. The third-order valence-corrected chi connectivity index (χ3v) is 5.58. The van der Waals surface area contributed by atoms with Gasteiger partial charge in [0.25, 0.3) is 5.91 Å². The first kappa shape index (κ1) is 17.9. The standard InChI is InChI=1S/C21H26N2OS/c1-16(2)25-20-11-7-5-9-18(20)21(24)23-14-12-22(13-15-23)19-10-6-4-8-17(19)3/h4-11,16H,12-15H2,1-3H3. The molecule has 0 bridgehead atoms. The third kappa shape index (κ3) is 4.18. The number of anilines is 1. The maximum atomic E-state index is 13.0. The Morgan fingerprint density at radius 1 is 0.960 bits per heavy atom. The van der Waals surface area contributed by atoms with Crippen molar-refractivity contribution in [3.05, 3.63) is 59.7 Å². The fourth-order valence-electron chi connectivity index (χ4n) is 3.24.